The minimum Gasteiger partial charge on any atom is -0.383 e. The first-order valence-corrected chi connectivity index (χ1v) is 7.04. The number of imidazole rings is 1. The van der Waals surface area contributed by atoms with E-state index >= 15 is 0 Å². The molecule has 1 unspecified atom stereocenters. The Hall–Kier alpha value is -1.61. The molecule has 1 atom stereocenters. The molecule has 1 aliphatic heterocycles. The van der Waals surface area contributed by atoms with Gasteiger partial charge < -0.3 is 15.0 Å². The van der Waals surface area contributed by atoms with Crippen molar-refractivity contribution in [2.75, 3.05) is 33.4 Å². The van der Waals surface area contributed by atoms with Crippen molar-refractivity contribution in [2.24, 2.45) is 0 Å². The number of nitrogens with zero attached hydrogens (tertiary/aromatic N) is 2. The number of hydrogen-bond acceptors (Lipinski definition) is 4. The highest BCUT2D eigenvalue weighted by Crippen LogP contribution is 2.29. The van der Waals surface area contributed by atoms with E-state index in [9.17, 15) is 18.0 Å². The largest absolute Gasteiger partial charge is 0.433 e. The van der Waals surface area contributed by atoms with Gasteiger partial charge in [-0.05, 0) is 19.4 Å². The van der Waals surface area contributed by atoms with E-state index in [0.717, 1.165) is 32.3 Å². The Kier molecular flexibility index (Phi) is 5.41. The quantitative estimate of drug-likeness (QED) is 0.857. The van der Waals surface area contributed by atoms with Crippen LogP contribution in [0.15, 0.2) is 6.33 Å². The minimum atomic E-state index is -4.62. The molecule has 2 rings (SSSR count). The maximum absolute atomic E-state index is 12.7. The minimum absolute atomic E-state index is 0.184. The van der Waals surface area contributed by atoms with E-state index in [1.165, 1.54) is 0 Å². The van der Waals surface area contributed by atoms with Crippen LogP contribution in [0.1, 0.15) is 29.0 Å². The summed E-state index contributed by atoms with van der Waals surface area (Å²) in [7, 11) is 1.61. The molecular formula is C13H19F3N4O2. The molecule has 0 aliphatic carbocycles. The molecule has 124 valence electrons. The zero-order valence-electron chi connectivity index (χ0n) is 12.2. The topological polar surface area (TPSA) is 70.2 Å². The lowest BCUT2D eigenvalue weighted by Gasteiger charge is -2.32. The number of ether oxygens (including phenoxy) is 1. The number of amides is 1. The fraction of sp³-hybridized carbons (Fsp3) is 0.692. The Morgan fingerprint density at radius 1 is 1.59 bits per heavy atom. The fourth-order valence-corrected chi connectivity index (χ4v) is 2.53. The zero-order valence-corrected chi connectivity index (χ0v) is 12.2. The maximum atomic E-state index is 12.7. The first-order chi connectivity index (χ1) is 10.4. The highest BCUT2D eigenvalue weighted by atomic mass is 19.4. The molecule has 0 spiro atoms. The number of nitrogens with one attached hydrogen (secondary N) is 2. The molecule has 2 heterocycles. The monoisotopic (exact) mass is 320 g/mol. The van der Waals surface area contributed by atoms with Gasteiger partial charge in [-0.15, -0.1) is 0 Å². The van der Waals surface area contributed by atoms with Crippen molar-refractivity contribution in [1.82, 2.24) is 20.2 Å². The molecule has 2 N–H and O–H groups in total. The van der Waals surface area contributed by atoms with Crippen LogP contribution in [0.3, 0.4) is 0 Å². The number of H-pyrrole nitrogens is 1. The van der Waals surface area contributed by atoms with E-state index in [1.807, 2.05) is 4.98 Å². The van der Waals surface area contributed by atoms with Gasteiger partial charge in [0.2, 0.25) is 0 Å². The van der Waals surface area contributed by atoms with Gasteiger partial charge >= 0.3 is 6.18 Å². The lowest BCUT2D eigenvalue weighted by Crippen LogP contribution is -2.48. The van der Waals surface area contributed by atoms with Crippen LogP contribution in [0.4, 0.5) is 13.2 Å². The first kappa shape index (κ1) is 16.8. The number of methoxy groups -OCH3 is 1. The third-order valence-electron chi connectivity index (χ3n) is 3.59. The Labute approximate surface area is 126 Å². The van der Waals surface area contributed by atoms with Gasteiger partial charge in [-0.1, -0.05) is 0 Å². The molecule has 1 fully saturated rings. The van der Waals surface area contributed by atoms with Crippen molar-refractivity contribution in [3.63, 3.8) is 0 Å². The highest BCUT2D eigenvalue weighted by molar-refractivity contribution is 5.93. The van der Waals surface area contributed by atoms with Gasteiger partial charge in [-0.25, -0.2) is 4.98 Å². The number of piperidine rings is 1. The number of aromatic amines is 1. The van der Waals surface area contributed by atoms with E-state index in [2.05, 4.69) is 15.2 Å². The standard InChI is InChI=1S/C13H19F3N4O2/c1-22-6-5-20-4-2-3-9(7-20)19-12(21)10-11(13(14,15)16)18-8-17-10/h8-9H,2-7H2,1H3,(H,17,18)(H,19,21). The number of aromatic nitrogens is 2. The maximum Gasteiger partial charge on any atom is 0.433 e. The summed E-state index contributed by atoms with van der Waals surface area (Å²) in [4.78, 5) is 19.6. The molecule has 1 amide bonds. The molecule has 1 saturated heterocycles. The molecule has 1 aromatic heterocycles. The van der Waals surface area contributed by atoms with Crippen LogP contribution in [0.25, 0.3) is 0 Å². The molecule has 9 heteroatoms. The van der Waals surface area contributed by atoms with Crippen molar-refractivity contribution in [2.45, 2.75) is 25.1 Å². The summed E-state index contributed by atoms with van der Waals surface area (Å²) >= 11 is 0. The molecule has 1 aliphatic rings. The third-order valence-corrected chi connectivity index (χ3v) is 3.59. The van der Waals surface area contributed by atoms with Gasteiger partial charge in [-0.3, -0.25) is 9.69 Å². The van der Waals surface area contributed by atoms with Gasteiger partial charge in [-0.2, -0.15) is 13.2 Å². The van der Waals surface area contributed by atoms with E-state index in [4.69, 9.17) is 4.74 Å². The van der Waals surface area contributed by atoms with E-state index < -0.39 is 23.5 Å². The summed E-state index contributed by atoms with van der Waals surface area (Å²) in [6.45, 7) is 2.81. The van der Waals surface area contributed by atoms with Crippen LogP contribution in [-0.4, -0.2) is 60.2 Å². The van der Waals surface area contributed by atoms with Crippen LogP contribution in [-0.2, 0) is 10.9 Å². The van der Waals surface area contributed by atoms with E-state index in [0.29, 0.717) is 13.2 Å². The normalized spacial score (nSPS) is 20.1. The zero-order chi connectivity index (χ0) is 16.2. The van der Waals surface area contributed by atoms with Crippen LogP contribution < -0.4 is 5.32 Å². The van der Waals surface area contributed by atoms with E-state index in [1.54, 1.807) is 7.11 Å². The van der Waals surface area contributed by atoms with Gasteiger partial charge in [0, 0.05) is 26.2 Å². The van der Waals surface area contributed by atoms with Crippen LogP contribution in [0.2, 0.25) is 0 Å². The molecule has 0 saturated carbocycles. The number of carbonyl (C=O) groups excluding carboxylic acids is 1. The summed E-state index contributed by atoms with van der Waals surface area (Å²) in [5, 5.41) is 2.64. The average molecular weight is 320 g/mol. The fourth-order valence-electron chi connectivity index (χ4n) is 2.53. The molecule has 6 nitrogen and oxygen atoms in total. The Bertz CT molecular complexity index is 504. The number of alkyl halides is 3. The van der Waals surface area contributed by atoms with Crippen molar-refractivity contribution in [3.8, 4) is 0 Å². The second-order valence-corrected chi connectivity index (χ2v) is 5.23. The molecular weight excluding hydrogens is 301 g/mol. The van der Waals surface area contributed by atoms with Crippen molar-refractivity contribution in [3.05, 3.63) is 17.7 Å². The summed E-state index contributed by atoms with van der Waals surface area (Å²) in [5.41, 5.74) is -1.72. The lowest BCUT2D eigenvalue weighted by atomic mass is 10.1. The molecule has 22 heavy (non-hydrogen) atoms. The predicted molar refractivity (Wildman–Crippen MR) is 72.4 cm³/mol. The van der Waals surface area contributed by atoms with Gasteiger partial charge in [0.1, 0.15) is 0 Å². The average Bonchev–Trinajstić information content (AvgIpc) is 2.95. The third kappa shape index (κ3) is 4.20. The first-order valence-electron chi connectivity index (χ1n) is 7.04. The summed E-state index contributed by atoms with van der Waals surface area (Å²) in [6.07, 6.45) is -2.13. The molecule has 0 radical (unpaired) electrons. The summed E-state index contributed by atoms with van der Waals surface area (Å²) in [5.74, 6) is -0.799. The molecule has 1 aromatic rings. The van der Waals surface area contributed by atoms with Crippen molar-refractivity contribution >= 4 is 5.91 Å². The van der Waals surface area contributed by atoms with Crippen LogP contribution in [0, 0.1) is 0 Å². The molecule has 0 bridgehead atoms. The van der Waals surface area contributed by atoms with Crippen LogP contribution >= 0.6 is 0 Å². The van der Waals surface area contributed by atoms with Gasteiger partial charge in [0.15, 0.2) is 11.4 Å². The number of halogens is 3. The van der Waals surface area contributed by atoms with Crippen LogP contribution in [0.5, 0.6) is 0 Å². The number of carbonyl (C=O) groups is 1. The number of likely N-dealkylation sites (tertiary alicyclic amines) is 1. The van der Waals surface area contributed by atoms with Crippen molar-refractivity contribution in [1.29, 1.82) is 0 Å². The summed E-state index contributed by atoms with van der Waals surface area (Å²) < 4.78 is 43.3. The Morgan fingerprint density at radius 2 is 2.36 bits per heavy atom. The lowest BCUT2D eigenvalue weighted by molar-refractivity contribution is -0.141. The number of hydrogen-bond donors (Lipinski definition) is 2. The summed E-state index contributed by atoms with van der Waals surface area (Å²) in [6, 6.07) is -0.184. The van der Waals surface area contributed by atoms with Crippen molar-refractivity contribution < 1.29 is 22.7 Å². The number of rotatable bonds is 5. The smallest absolute Gasteiger partial charge is 0.383 e. The SMILES string of the molecule is COCCN1CCCC(NC(=O)c2nc[nH]c2C(F)(F)F)C1. The second-order valence-electron chi connectivity index (χ2n) is 5.23. The molecule has 0 aromatic carbocycles. The Balaban J connectivity index is 1.96. The predicted octanol–water partition coefficient (Wildman–Crippen LogP) is 1.27. The second kappa shape index (κ2) is 7.10. The highest BCUT2D eigenvalue weighted by Gasteiger charge is 2.38. The van der Waals surface area contributed by atoms with E-state index in [-0.39, 0.29) is 6.04 Å². The van der Waals surface area contributed by atoms with Gasteiger partial charge in [0.25, 0.3) is 5.91 Å². The van der Waals surface area contributed by atoms with Gasteiger partial charge in [0.05, 0.1) is 12.9 Å². The Morgan fingerprint density at radius 3 is 3.05 bits per heavy atom.